The van der Waals surface area contributed by atoms with E-state index < -0.39 is 17.8 Å². The van der Waals surface area contributed by atoms with Crippen molar-refractivity contribution in [3.63, 3.8) is 0 Å². The Bertz CT molecular complexity index is 433. The van der Waals surface area contributed by atoms with Crippen molar-refractivity contribution in [2.75, 3.05) is 0 Å². The van der Waals surface area contributed by atoms with Crippen LogP contribution in [0.15, 0.2) is 10.9 Å². The van der Waals surface area contributed by atoms with Crippen LogP contribution in [0, 0.1) is 17.8 Å². The Labute approximate surface area is 109 Å². The van der Waals surface area contributed by atoms with Crippen molar-refractivity contribution in [2.24, 2.45) is 17.8 Å². The number of carbonyl (C=O) groups excluding carboxylic acids is 1. The SMILES string of the molecule is CC1CC(C(=O)O)C(C(=O)NCc2cscn2)C1. The van der Waals surface area contributed by atoms with Crippen molar-refractivity contribution in [3.05, 3.63) is 16.6 Å². The summed E-state index contributed by atoms with van der Waals surface area (Å²) in [5.41, 5.74) is 2.52. The fourth-order valence-corrected chi connectivity index (χ4v) is 3.05. The summed E-state index contributed by atoms with van der Waals surface area (Å²) in [7, 11) is 0. The third-order valence-electron chi connectivity index (χ3n) is 3.38. The molecular weight excluding hydrogens is 252 g/mol. The predicted molar refractivity (Wildman–Crippen MR) is 67.0 cm³/mol. The molecule has 0 radical (unpaired) electrons. The van der Waals surface area contributed by atoms with Crippen LogP contribution in [0.5, 0.6) is 0 Å². The highest BCUT2D eigenvalue weighted by Gasteiger charge is 2.40. The van der Waals surface area contributed by atoms with Crippen LogP contribution in [0.25, 0.3) is 0 Å². The number of amides is 1. The van der Waals surface area contributed by atoms with Crippen molar-refractivity contribution >= 4 is 23.2 Å². The number of hydrogen-bond donors (Lipinski definition) is 2. The second kappa shape index (κ2) is 5.48. The lowest BCUT2D eigenvalue weighted by Crippen LogP contribution is -2.34. The van der Waals surface area contributed by atoms with Crippen LogP contribution in [0.3, 0.4) is 0 Å². The van der Waals surface area contributed by atoms with Crippen LogP contribution in [0.2, 0.25) is 0 Å². The van der Waals surface area contributed by atoms with Gasteiger partial charge in [0.1, 0.15) is 0 Å². The Balaban J connectivity index is 1.93. The van der Waals surface area contributed by atoms with Crippen molar-refractivity contribution in [1.29, 1.82) is 0 Å². The van der Waals surface area contributed by atoms with Gasteiger partial charge in [-0.2, -0.15) is 0 Å². The summed E-state index contributed by atoms with van der Waals surface area (Å²) < 4.78 is 0. The first kappa shape index (κ1) is 13.0. The molecule has 0 aromatic carbocycles. The molecule has 18 heavy (non-hydrogen) atoms. The van der Waals surface area contributed by atoms with Crippen LogP contribution in [-0.4, -0.2) is 22.0 Å². The minimum absolute atomic E-state index is 0.167. The number of nitrogens with zero attached hydrogens (tertiary/aromatic N) is 1. The molecule has 1 amide bonds. The molecule has 2 rings (SSSR count). The first-order chi connectivity index (χ1) is 8.58. The molecule has 2 N–H and O–H groups in total. The molecule has 1 saturated carbocycles. The van der Waals surface area contributed by atoms with Gasteiger partial charge in [-0.25, -0.2) is 4.98 Å². The van der Waals surface area contributed by atoms with E-state index in [4.69, 9.17) is 5.11 Å². The summed E-state index contributed by atoms with van der Waals surface area (Å²) in [6.07, 6.45) is 1.24. The smallest absolute Gasteiger partial charge is 0.307 e. The minimum atomic E-state index is -0.867. The lowest BCUT2D eigenvalue weighted by Gasteiger charge is -2.14. The van der Waals surface area contributed by atoms with Crippen LogP contribution >= 0.6 is 11.3 Å². The number of hydrogen-bond acceptors (Lipinski definition) is 4. The van der Waals surface area contributed by atoms with Gasteiger partial charge in [0.25, 0.3) is 0 Å². The van der Waals surface area contributed by atoms with E-state index in [1.54, 1.807) is 5.51 Å². The molecule has 1 aromatic rings. The third kappa shape index (κ3) is 2.87. The van der Waals surface area contributed by atoms with E-state index in [-0.39, 0.29) is 5.91 Å². The highest BCUT2D eigenvalue weighted by Crippen LogP contribution is 2.36. The van der Waals surface area contributed by atoms with Crippen LogP contribution in [-0.2, 0) is 16.1 Å². The number of carbonyl (C=O) groups is 2. The molecule has 1 aliphatic carbocycles. The van der Waals surface area contributed by atoms with Crippen molar-refractivity contribution in [2.45, 2.75) is 26.3 Å². The summed E-state index contributed by atoms with van der Waals surface area (Å²) in [4.78, 5) is 27.2. The van der Waals surface area contributed by atoms with E-state index in [9.17, 15) is 9.59 Å². The fraction of sp³-hybridized carbons (Fsp3) is 0.583. The maximum atomic E-state index is 12.0. The summed E-state index contributed by atoms with van der Waals surface area (Å²) >= 11 is 1.47. The van der Waals surface area contributed by atoms with E-state index >= 15 is 0 Å². The standard InChI is InChI=1S/C12H16N2O3S/c1-7-2-9(10(3-7)12(16)17)11(15)13-4-8-5-18-6-14-8/h5-7,9-10H,2-4H2,1H3,(H,13,15)(H,16,17). The highest BCUT2D eigenvalue weighted by molar-refractivity contribution is 7.07. The Morgan fingerprint density at radius 2 is 2.22 bits per heavy atom. The maximum Gasteiger partial charge on any atom is 0.307 e. The minimum Gasteiger partial charge on any atom is -0.481 e. The Hall–Kier alpha value is -1.43. The van der Waals surface area contributed by atoms with Crippen molar-refractivity contribution < 1.29 is 14.7 Å². The molecule has 0 aliphatic heterocycles. The average molecular weight is 268 g/mol. The Kier molecular flexibility index (Phi) is 3.96. The molecule has 3 unspecified atom stereocenters. The van der Waals surface area contributed by atoms with Gasteiger partial charge in [0.15, 0.2) is 0 Å². The van der Waals surface area contributed by atoms with Crippen LogP contribution < -0.4 is 5.32 Å². The monoisotopic (exact) mass is 268 g/mol. The number of rotatable bonds is 4. The molecule has 6 heteroatoms. The van der Waals surface area contributed by atoms with E-state index in [0.29, 0.717) is 25.3 Å². The molecule has 0 spiro atoms. The topological polar surface area (TPSA) is 79.3 Å². The summed E-state index contributed by atoms with van der Waals surface area (Å²) in [6, 6.07) is 0. The Morgan fingerprint density at radius 3 is 2.83 bits per heavy atom. The number of nitrogens with one attached hydrogen (secondary N) is 1. The van der Waals surface area contributed by atoms with E-state index in [1.165, 1.54) is 11.3 Å². The van der Waals surface area contributed by atoms with Gasteiger partial charge < -0.3 is 10.4 Å². The normalized spacial score (nSPS) is 27.1. The van der Waals surface area contributed by atoms with Crippen LogP contribution in [0.4, 0.5) is 0 Å². The largest absolute Gasteiger partial charge is 0.481 e. The van der Waals surface area contributed by atoms with Crippen LogP contribution in [0.1, 0.15) is 25.5 Å². The third-order valence-corrected chi connectivity index (χ3v) is 4.01. The van der Waals surface area contributed by atoms with Crippen molar-refractivity contribution in [3.8, 4) is 0 Å². The molecule has 5 nitrogen and oxygen atoms in total. The first-order valence-electron chi connectivity index (χ1n) is 5.95. The highest BCUT2D eigenvalue weighted by atomic mass is 32.1. The number of aliphatic carboxylic acids is 1. The number of thiazole rings is 1. The second-order valence-corrected chi connectivity index (χ2v) is 5.54. The summed E-state index contributed by atoms with van der Waals surface area (Å²) in [6.45, 7) is 2.36. The lowest BCUT2D eigenvalue weighted by atomic mass is 9.95. The lowest BCUT2D eigenvalue weighted by molar-refractivity contribution is -0.146. The zero-order valence-corrected chi connectivity index (χ0v) is 10.9. The molecular formula is C12H16N2O3S. The van der Waals surface area contributed by atoms with Gasteiger partial charge in [-0.3, -0.25) is 9.59 Å². The fourth-order valence-electron chi connectivity index (χ4n) is 2.49. The van der Waals surface area contributed by atoms with Gasteiger partial charge in [0, 0.05) is 5.38 Å². The number of carboxylic acids is 1. The van der Waals surface area contributed by atoms with Gasteiger partial charge in [-0.15, -0.1) is 11.3 Å². The van der Waals surface area contributed by atoms with E-state index in [0.717, 1.165) is 5.69 Å². The van der Waals surface area contributed by atoms with Gasteiger partial charge in [0.05, 0.1) is 29.6 Å². The molecule has 0 saturated heterocycles. The molecule has 1 heterocycles. The summed E-state index contributed by atoms with van der Waals surface area (Å²) in [5, 5.41) is 13.8. The first-order valence-corrected chi connectivity index (χ1v) is 6.89. The second-order valence-electron chi connectivity index (χ2n) is 4.83. The molecule has 0 bridgehead atoms. The average Bonchev–Trinajstić information content (AvgIpc) is 2.94. The van der Waals surface area contributed by atoms with Gasteiger partial charge >= 0.3 is 5.97 Å². The number of carboxylic acid groups (broad SMARTS) is 1. The zero-order valence-electron chi connectivity index (χ0n) is 10.1. The predicted octanol–water partition coefficient (Wildman–Crippen LogP) is 1.51. The van der Waals surface area contributed by atoms with Gasteiger partial charge in [0.2, 0.25) is 5.91 Å². The van der Waals surface area contributed by atoms with E-state index in [1.807, 2.05) is 12.3 Å². The van der Waals surface area contributed by atoms with Crippen molar-refractivity contribution in [1.82, 2.24) is 10.3 Å². The number of aromatic nitrogens is 1. The molecule has 1 fully saturated rings. The maximum absolute atomic E-state index is 12.0. The van der Waals surface area contributed by atoms with Gasteiger partial charge in [-0.1, -0.05) is 6.92 Å². The zero-order chi connectivity index (χ0) is 13.1. The Morgan fingerprint density at radius 1 is 1.50 bits per heavy atom. The quantitative estimate of drug-likeness (QED) is 0.867. The van der Waals surface area contributed by atoms with E-state index in [2.05, 4.69) is 10.3 Å². The molecule has 3 atom stereocenters. The molecule has 1 aliphatic rings. The molecule has 1 aromatic heterocycles. The summed E-state index contributed by atoms with van der Waals surface area (Å²) in [5.74, 6) is -1.69. The molecule has 98 valence electrons. The van der Waals surface area contributed by atoms with Gasteiger partial charge in [-0.05, 0) is 18.8 Å².